The van der Waals surface area contributed by atoms with Gasteiger partial charge in [-0.2, -0.15) is 0 Å². The molecule has 0 aromatic heterocycles. The molecule has 0 bridgehead atoms. The van der Waals surface area contributed by atoms with E-state index >= 15 is 0 Å². The number of piperazine rings is 1. The lowest BCUT2D eigenvalue weighted by Gasteiger charge is -2.34. The number of piperidine rings is 1. The van der Waals surface area contributed by atoms with Crippen LogP contribution < -0.4 is 10.6 Å². The van der Waals surface area contributed by atoms with E-state index in [0.29, 0.717) is 12.6 Å². The molecular weight excluding hydrogens is 299 g/mol. The highest BCUT2D eigenvalue weighted by molar-refractivity contribution is 5.85. The molecular formula is C13H28Cl2N4O. The number of hydrogen-bond donors (Lipinski definition) is 2. The van der Waals surface area contributed by atoms with E-state index in [1.54, 1.807) is 0 Å². The van der Waals surface area contributed by atoms with E-state index in [9.17, 15) is 4.79 Å². The summed E-state index contributed by atoms with van der Waals surface area (Å²) in [5.74, 6) is 0.189. The molecule has 0 radical (unpaired) electrons. The first-order valence-electron chi connectivity index (χ1n) is 7.22. The summed E-state index contributed by atoms with van der Waals surface area (Å²) in [5, 5.41) is 6.46. The molecule has 5 nitrogen and oxygen atoms in total. The number of halogens is 2. The van der Waals surface area contributed by atoms with Gasteiger partial charge in [-0.15, -0.1) is 24.8 Å². The van der Waals surface area contributed by atoms with Crippen molar-refractivity contribution >= 4 is 30.7 Å². The van der Waals surface area contributed by atoms with Crippen LogP contribution in [0.2, 0.25) is 0 Å². The molecule has 2 heterocycles. The van der Waals surface area contributed by atoms with Crippen LogP contribution in [0.3, 0.4) is 0 Å². The van der Waals surface area contributed by atoms with Gasteiger partial charge in [-0.1, -0.05) is 6.92 Å². The maximum Gasteiger partial charge on any atom is 0.234 e. The van der Waals surface area contributed by atoms with Crippen LogP contribution in [0.1, 0.15) is 19.8 Å². The summed E-state index contributed by atoms with van der Waals surface area (Å²) in [6.07, 6.45) is 2.28. The first-order valence-corrected chi connectivity index (χ1v) is 7.22. The van der Waals surface area contributed by atoms with Crippen LogP contribution in [0.25, 0.3) is 0 Å². The van der Waals surface area contributed by atoms with Crippen LogP contribution >= 0.6 is 24.8 Å². The lowest BCUT2D eigenvalue weighted by molar-refractivity contribution is -0.123. The number of likely N-dealkylation sites (N-methyl/N-ethyl adjacent to an activating group) is 1. The smallest absolute Gasteiger partial charge is 0.234 e. The van der Waals surface area contributed by atoms with Crippen molar-refractivity contribution in [3.8, 4) is 0 Å². The van der Waals surface area contributed by atoms with Crippen molar-refractivity contribution in [1.82, 2.24) is 20.4 Å². The van der Waals surface area contributed by atoms with Gasteiger partial charge in [0.1, 0.15) is 0 Å². The largest absolute Gasteiger partial charge is 0.351 e. The van der Waals surface area contributed by atoms with Crippen LogP contribution in [0.4, 0.5) is 0 Å². The lowest BCUT2D eigenvalue weighted by Crippen LogP contribution is -2.52. The zero-order chi connectivity index (χ0) is 12.8. The van der Waals surface area contributed by atoms with Crippen LogP contribution in [-0.4, -0.2) is 74.1 Å². The van der Waals surface area contributed by atoms with Crippen LogP contribution in [0.15, 0.2) is 0 Å². The van der Waals surface area contributed by atoms with E-state index in [4.69, 9.17) is 0 Å². The van der Waals surface area contributed by atoms with Crippen LogP contribution in [0.5, 0.6) is 0 Å². The van der Waals surface area contributed by atoms with Crippen LogP contribution in [-0.2, 0) is 4.79 Å². The third-order valence-electron chi connectivity index (χ3n) is 3.94. The molecule has 120 valence electrons. The molecule has 7 heteroatoms. The average Bonchev–Trinajstić information content (AvgIpc) is 2.40. The Balaban J connectivity index is 0.00000180. The molecule has 2 N–H and O–H groups in total. The van der Waals surface area contributed by atoms with Crippen LogP contribution in [0, 0.1) is 0 Å². The molecule has 2 saturated heterocycles. The summed E-state index contributed by atoms with van der Waals surface area (Å²) in [7, 11) is 0. The lowest BCUT2D eigenvalue weighted by atomic mass is 10.1. The molecule has 1 amide bonds. The van der Waals surface area contributed by atoms with Gasteiger partial charge < -0.3 is 15.5 Å². The van der Waals surface area contributed by atoms with Gasteiger partial charge >= 0.3 is 0 Å². The molecule has 0 aliphatic carbocycles. The fourth-order valence-electron chi connectivity index (χ4n) is 2.72. The Kier molecular flexibility index (Phi) is 10.6. The molecule has 0 unspecified atom stereocenters. The topological polar surface area (TPSA) is 47.6 Å². The van der Waals surface area contributed by atoms with Crippen molar-refractivity contribution in [2.24, 2.45) is 0 Å². The number of nitrogens with one attached hydrogen (secondary N) is 2. The molecule has 0 spiro atoms. The zero-order valence-corrected chi connectivity index (χ0v) is 13.9. The van der Waals surface area contributed by atoms with Crippen molar-refractivity contribution in [1.29, 1.82) is 0 Å². The average molecular weight is 327 g/mol. The Labute approximate surface area is 134 Å². The summed E-state index contributed by atoms with van der Waals surface area (Å²) >= 11 is 0. The van der Waals surface area contributed by atoms with Gasteiger partial charge in [0.2, 0.25) is 5.91 Å². The summed E-state index contributed by atoms with van der Waals surface area (Å²) in [6.45, 7) is 10.1. The highest BCUT2D eigenvalue weighted by atomic mass is 35.5. The van der Waals surface area contributed by atoms with E-state index in [2.05, 4.69) is 27.4 Å². The first-order chi connectivity index (χ1) is 8.78. The van der Waals surface area contributed by atoms with Crippen molar-refractivity contribution in [3.63, 3.8) is 0 Å². The maximum atomic E-state index is 11.9. The normalized spacial score (nSPS) is 24.4. The van der Waals surface area contributed by atoms with Crippen molar-refractivity contribution in [2.75, 3.05) is 52.4 Å². The predicted molar refractivity (Wildman–Crippen MR) is 87.1 cm³/mol. The number of amides is 1. The third kappa shape index (κ3) is 6.59. The van der Waals surface area contributed by atoms with Crippen molar-refractivity contribution in [2.45, 2.75) is 25.8 Å². The minimum atomic E-state index is 0. The van der Waals surface area contributed by atoms with E-state index in [-0.39, 0.29) is 30.7 Å². The van der Waals surface area contributed by atoms with Gasteiger partial charge in [-0.25, -0.2) is 0 Å². The van der Waals surface area contributed by atoms with E-state index in [1.165, 1.54) is 6.42 Å². The zero-order valence-electron chi connectivity index (χ0n) is 12.3. The second kappa shape index (κ2) is 10.6. The van der Waals surface area contributed by atoms with Gasteiger partial charge in [0, 0.05) is 38.8 Å². The van der Waals surface area contributed by atoms with E-state index < -0.39 is 0 Å². The van der Waals surface area contributed by atoms with Gasteiger partial charge in [-0.3, -0.25) is 9.69 Å². The minimum Gasteiger partial charge on any atom is -0.351 e. The van der Waals surface area contributed by atoms with Crippen molar-refractivity contribution < 1.29 is 4.79 Å². The highest BCUT2D eigenvalue weighted by Crippen LogP contribution is 2.03. The number of carbonyl (C=O) groups is 1. The molecule has 2 aliphatic heterocycles. The maximum absolute atomic E-state index is 11.9. The summed E-state index contributed by atoms with van der Waals surface area (Å²) in [4.78, 5) is 16.6. The molecule has 2 aliphatic rings. The van der Waals surface area contributed by atoms with Gasteiger partial charge in [0.25, 0.3) is 0 Å². The van der Waals surface area contributed by atoms with Crippen molar-refractivity contribution in [3.05, 3.63) is 0 Å². The number of carbonyl (C=O) groups excluding carboxylic acids is 1. The fraction of sp³-hybridized carbons (Fsp3) is 0.923. The Morgan fingerprint density at radius 3 is 2.40 bits per heavy atom. The second-order valence-electron chi connectivity index (χ2n) is 5.32. The SMILES string of the molecule is CCN1CCN(CC(=O)N[C@H]2CCCNC2)CC1.Cl.Cl. The standard InChI is InChI=1S/C13H26N4O.2ClH/c1-2-16-6-8-17(9-7-16)11-13(18)15-12-4-3-5-14-10-12;;/h12,14H,2-11H2,1H3,(H,15,18);2*1H/t12-;;/m0../s1. The van der Waals surface area contributed by atoms with Gasteiger partial charge in [-0.05, 0) is 25.9 Å². The quantitative estimate of drug-likeness (QED) is 0.782. The fourth-order valence-corrected chi connectivity index (χ4v) is 2.72. The molecule has 2 rings (SSSR count). The summed E-state index contributed by atoms with van der Waals surface area (Å²) in [6, 6.07) is 0.336. The Bertz CT molecular complexity index is 267. The monoisotopic (exact) mass is 326 g/mol. The molecule has 2 fully saturated rings. The molecule has 20 heavy (non-hydrogen) atoms. The van der Waals surface area contributed by atoms with Gasteiger partial charge in [0.05, 0.1) is 6.54 Å². The Hall–Kier alpha value is -0.0700. The summed E-state index contributed by atoms with van der Waals surface area (Å²) < 4.78 is 0. The Morgan fingerprint density at radius 2 is 1.85 bits per heavy atom. The third-order valence-corrected chi connectivity index (χ3v) is 3.94. The summed E-state index contributed by atoms with van der Waals surface area (Å²) in [5.41, 5.74) is 0. The van der Waals surface area contributed by atoms with E-state index in [0.717, 1.165) is 52.2 Å². The number of rotatable bonds is 4. The van der Waals surface area contributed by atoms with Gasteiger partial charge in [0.15, 0.2) is 0 Å². The Morgan fingerprint density at radius 1 is 1.20 bits per heavy atom. The number of hydrogen-bond acceptors (Lipinski definition) is 4. The molecule has 0 saturated carbocycles. The first kappa shape index (κ1) is 19.9. The van der Waals surface area contributed by atoms with E-state index in [1.807, 2.05) is 0 Å². The highest BCUT2D eigenvalue weighted by Gasteiger charge is 2.20. The molecule has 1 atom stereocenters. The second-order valence-corrected chi connectivity index (χ2v) is 5.32. The minimum absolute atomic E-state index is 0. The predicted octanol–water partition coefficient (Wildman–Crippen LogP) is 0.336. The number of nitrogens with zero attached hydrogens (tertiary/aromatic N) is 2. The molecule has 0 aromatic rings. The molecule has 0 aromatic carbocycles.